The molecular formula is C27H26N2O3S. The first-order valence-corrected chi connectivity index (χ1v) is 12.0. The van der Waals surface area contributed by atoms with Crippen LogP contribution in [0.5, 0.6) is 5.75 Å². The van der Waals surface area contributed by atoms with E-state index in [0.717, 1.165) is 22.4 Å². The summed E-state index contributed by atoms with van der Waals surface area (Å²) in [6.45, 7) is 5.06. The Morgan fingerprint density at radius 1 is 1.03 bits per heavy atom. The minimum Gasteiger partial charge on any atom is -0.497 e. The Morgan fingerprint density at radius 3 is 2.55 bits per heavy atom. The van der Waals surface area contributed by atoms with Gasteiger partial charge in [0.25, 0.3) is 11.8 Å². The van der Waals surface area contributed by atoms with Gasteiger partial charge in [0.1, 0.15) is 5.75 Å². The predicted molar refractivity (Wildman–Crippen MR) is 132 cm³/mol. The third kappa shape index (κ3) is 3.49. The molecule has 2 aliphatic rings. The number of methoxy groups -OCH3 is 1. The lowest BCUT2D eigenvalue weighted by Gasteiger charge is -2.33. The van der Waals surface area contributed by atoms with Crippen molar-refractivity contribution >= 4 is 29.3 Å². The maximum Gasteiger partial charge on any atom is 0.268 e. The number of benzene rings is 3. The highest BCUT2D eigenvalue weighted by atomic mass is 32.2. The molecule has 2 aliphatic heterocycles. The van der Waals surface area contributed by atoms with E-state index >= 15 is 0 Å². The van der Waals surface area contributed by atoms with E-state index in [1.165, 1.54) is 5.56 Å². The number of rotatable bonds is 4. The average molecular weight is 459 g/mol. The molecule has 0 saturated carbocycles. The van der Waals surface area contributed by atoms with Crippen LogP contribution in [-0.2, 0) is 16.2 Å². The summed E-state index contributed by atoms with van der Waals surface area (Å²) in [5, 5.41) is 0. The van der Waals surface area contributed by atoms with Crippen molar-refractivity contribution in [3.63, 3.8) is 0 Å². The first kappa shape index (κ1) is 21.6. The number of aryl methyl sites for hydroxylation is 2. The van der Waals surface area contributed by atoms with Crippen LogP contribution in [0.15, 0.2) is 66.7 Å². The number of hydrogen-bond acceptors (Lipinski definition) is 4. The van der Waals surface area contributed by atoms with Crippen molar-refractivity contribution in [2.45, 2.75) is 25.3 Å². The van der Waals surface area contributed by atoms with E-state index in [9.17, 15) is 9.59 Å². The van der Waals surface area contributed by atoms with Gasteiger partial charge in [-0.25, -0.2) is 0 Å². The minimum absolute atomic E-state index is 0.0533. The molecule has 0 bridgehead atoms. The van der Waals surface area contributed by atoms with Gasteiger partial charge in [-0.2, -0.15) is 0 Å². The highest BCUT2D eigenvalue weighted by molar-refractivity contribution is 8.01. The molecule has 5 nitrogen and oxygen atoms in total. The van der Waals surface area contributed by atoms with Gasteiger partial charge < -0.3 is 14.5 Å². The van der Waals surface area contributed by atoms with Crippen molar-refractivity contribution in [3.05, 3.63) is 94.5 Å². The van der Waals surface area contributed by atoms with Crippen LogP contribution >= 0.6 is 11.8 Å². The number of fused-ring (bicyclic) bond motifs is 2. The summed E-state index contributed by atoms with van der Waals surface area (Å²) in [7, 11) is 1.58. The summed E-state index contributed by atoms with van der Waals surface area (Å²) in [5.74, 6) is 1.11. The molecule has 0 aliphatic carbocycles. The number of carbonyl (C=O) groups is 2. The molecule has 5 rings (SSSR count). The van der Waals surface area contributed by atoms with Crippen LogP contribution in [-0.4, -0.2) is 36.1 Å². The second kappa shape index (κ2) is 8.27. The molecule has 2 heterocycles. The van der Waals surface area contributed by atoms with Gasteiger partial charge in [0.15, 0.2) is 4.87 Å². The second-order valence-corrected chi connectivity index (χ2v) is 9.87. The largest absolute Gasteiger partial charge is 0.497 e. The van der Waals surface area contributed by atoms with Gasteiger partial charge in [0.05, 0.1) is 19.3 Å². The van der Waals surface area contributed by atoms with Crippen molar-refractivity contribution in [3.8, 4) is 5.75 Å². The smallest absolute Gasteiger partial charge is 0.268 e. The van der Waals surface area contributed by atoms with Gasteiger partial charge in [-0.15, -0.1) is 11.8 Å². The number of thioether (sulfide) groups is 1. The lowest BCUT2D eigenvalue weighted by atomic mass is 10.0. The highest BCUT2D eigenvalue weighted by Crippen LogP contribution is 2.55. The van der Waals surface area contributed by atoms with E-state index in [-0.39, 0.29) is 11.8 Å². The van der Waals surface area contributed by atoms with E-state index in [0.29, 0.717) is 30.2 Å². The summed E-state index contributed by atoms with van der Waals surface area (Å²) < 4.78 is 5.32. The Bertz CT molecular complexity index is 1240. The fraction of sp³-hybridized carbons (Fsp3) is 0.259. The third-order valence-corrected chi connectivity index (χ3v) is 7.79. The molecule has 0 radical (unpaired) electrons. The number of hydrogen-bond donors (Lipinski definition) is 0. The van der Waals surface area contributed by atoms with Gasteiger partial charge in [0, 0.05) is 23.4 Å². The van der Waals surface area contributed by atoms with Crippen molar-refractivity contribution < 1.29 is 14.3 Å². The van der Waals surface area contributed by atoms with Gasteiger partial charge in [0.2, 0.25) is 0 Å². The van der Waals surface area contributed by atoms with Crippen LogP contribution < -0.4 is 9.64 Å². The van der Waals surface area contributed by atoms with Crippen molar-refractivity contribution in [2.24, 2.45) is 0 Å². The van der Waals surface area contributed by atoms with Gasteiger partial charge in [-0.05, 0) is 43.7 Å². The highest BCUT2D eigenvalue weighted by Gasteiger charge is 2.59. The molecule has 0 aromatic heterocycles. The molecule has 1 atom stereocenters. The van der Waals surface area contributed by atoms with Gasteiger partial charge >= 0.3 is 0 Å². The van der Waals surface area contributed by atoms with Crippen LogP contribution in [0.2, 0.25) is 0 Å². The molecule has 1 spiro atoms. The van der Waals surface area contributed by atoms with Gasteiger partial charge in [-0.3, -0.25) is 9.59 Å². The van der Waals surface area contributed by atoms with Crippen molar-refractivity contribution in [1.82, 2.24) is 4.90 Å². The van der Waals surface area contributed by atoms with E-state index in [1.54, 1.807) is 42.0 Å². The van der Waals surface area contributed by atoms with Gasteiger partial charge in [-0.1, -0.05) is 53.6 Å². The summed E-state index contributed by atoms with van der Waals surface area (Å²) >= 11 is 1.55. The lowest BCUT2D eigenvalue weighted by molar-refractivity contribution is -0.123. The molecular weight excluding hydrogens is 432 g/mol. The van der Waals surface area contributed by atoms with Crippen molar-refractivity contribution in [1.29, 1.82) is 0 Å². The number of ether oxygens (including phenoxy) is 1. The second-order valence-electron chi connectivity index (χ2n) is 8.58. The Balaban J connectivity index is 1.58. The number of anilines is 1. The normalized spacial score (nSPS) is 19.3. The van der Waals surface area contributed by atoms with E-state index in [1.807, 2.05) is 30.0 Å². The van der Waals surface area contributed by atoms with Crippen LogP contribution in [0.3, 0.4) is 0 Å². The Hall–Kier alpha value is -3.25. The number of nitrogens with zero attached hydrogens (tertiary/aromatic N) is 2. The van der Waals surface area contributed by atoms with Crippen molar-refractivity contribution in [2.75, 3.05) is 24.3 Å². The zero-order valence-corrected chi connectivity index (χ0v) is 19.8. The maximum atomic E-state index is 14.1. The quantitative estimate of drug-likeness (QED) is 0.558. The Labute approximate surface area is 198 Å². The monoisotopic (exact) mass is 458 g/mol. The minimum atomic E-state index is -1.05. The van der Waals surface area contributed by atoms with E-state index in [4.69, 9.17) is 4.74 Å². The molecule has 1 saturated heterocycles. The summed E-state index contributed by atoms with van der Waals surface area (Å²) in [6, 6.07) is 21.5. The summed E-state index contributed by atoms with van der Waals surface area (Å²) in [4.78, 5) is 30.4. The first-order valence-electron chi connectivity index (χ1n) is 11.0. The standard InChI is InChI=1S/C27H26N2O3S/c1-18-7-10-20(11-8-18)17-28-24-12-9-19(2)15-23(24)27(26(28)31)29(13-14-33-27)25(30)21-5-4-6-22(16-21)32-3/h4-12,15-16H,13-14,17H2,1-3H3. The number of amides is 2. The first-order chi connectivity index (χ1) is 15.9. The fourth-order valence-corrected chi connectivity index (χ4v) is 6.13. The van der Waals surface area contributed by atoms with E-state index < -0.39 is 4.87 Å². The molecule has 6 heteroatoms. The fourth-order valence-electron chi connectivity index (χ4n) is 4.67. The van der Waals surface area contributed by atoms with Crippen LogP contribution in [0.4, 0.5) is 5.69 Å². The molecule has 33 heavy (non-hydrogen) atoms. The molecule has 0 N–H and O–H groups in total. The van der Waals surface area contributed by atoms with Crippen LogP contribution in [0.25, 0.3) is 0 Å². The van der Waals surface area contributed by atoms with E-state index in [2.05, 4.69) is 37.3 Å². The Kier molecular flexibility index (Phi) is 5.41. The molecule has 1 unspecified atom stereocenters. The molecule has 3 aromatic carbocycles. The Morgan fingerprint density at radius 2 is 1.79 bits per heavy atom. The van der Waals surface area contributed by atoms with Crippen LogP contribution in [0, 0.1) is 13.8 Å². The molecule has 1 fully saturated rings. The predicted octanol–water partition coefficient (Wildman–Crippen LogP) is 4.90. The van der Waals surface area contributed by atoms with Crippen LogP contribution in [0.1, 0.15) is 32.6 Å². The third-order valence-electron chi connectivity index (χ3n) is 6.37. The summed E-state index contributed by atoms with van der Waals surface area (Å²) in [5.41, 5.74) is 5.61. The molecule has 168 valence electrons. The lowest BCUT2D eigenvalue weighted by Crippen LogP contribution is -2.50. The summed E-state index contributed by atoms with van der Waals surface area (Å²) in [6.07, 6.45) is 0. The zero-order valence-electron chi connectivity index (χ0n) is 19.0. The number of carbonyl (C=O) groups excluding carboxylic acids is 2. The topological polar surface area (TPSA) is 49.9 Å². The zero-order chi connectivity index (χ0) is 23.2. The molecule has 3 aromatic rings. The molecule has 2 amide bonds. The maximum absolute atomic E-state index is 14.1. The SMILES string of the molecule is COc1cccc(C(=O)N2CCSC23C(=O)N(Cc2ccc(C)cc2)c2ccc(C)cc23)c1. The average Bonchev–Trinajstić information content (AvgIpc) is 3.37.